The number of rotatable bonds is 3. The Hall–Kier alpha value is -2.07. The molecule has 1 atom stereocenters. The lowest BCUT2D eigenvalue weighted by Crippen LogP contribution is -2.24. The molecule has 1 heterocycles. The smallest absolute Gasteiger partial charge is 0.199 e. The van der Waals surface area contributed by atoms with Gasteiger partial charge in [0.2, 0.25) is 0 Å². The first-order valence-corrected chi connectivity index (χ1v) is 7.09. The van der Waals surface area contributed by atoms with Gasteiger partial charge in [-0.2, -0.15) is 0 Å². The van der Waals surface area contributed by atoms with Crippen molar-refractivity contribution in [1.82, 2.24) is 0 Å². The maximum absolute atomic E-state index is 13.4. The molecule has 0 amide bonds. The molecule has 110 valence electrons. The molecule has 0 aliphatic carbocycles. The van der Waals surface area contributed by atoms with Gasteiger partial charge in [0.15, 0.2) is 17.9 Å². The molecule has 0 bridgehead atoms. The van der Waals surface area contributed by atoms with Crippen molar-refractivity contribution in [2.24, 2.45) is 0 Å². The molecule has 1 saturated heterocycles. The molecule has 1 aliphatic heterocycles. The molecule has 4 heteroatoms. The standard InChI is InChI=1S/C17H17FO3/c18-15-11-13(6-9-16(15)19)12-4-7-14(8-5-12)21-17-3-1-2-10-20-17/h4-9,11,17,19H,1-3,10H2. The minimum Gasteiger partial charge on any atom is -0.505 e. The summed E-state index contributed by atoms with van der Waals surface area (Å²) in [5, 5.41) is 9.21. The summed E-state index contributed by atoms with van der Waals surface area (Å²) in [7, 11) is 0. The summed E-state index contributed by atoms with van der Waals surface area (Å²) in [5.74, 6) is -0.221. The topological polar surface area (TPSA) is 38.7 Å². The number of phenols is 1. The molecule has 0 saturated carbocycles. The Balaban J connectivity index is 1.72. The van der Waals surface area contributed by atoms with Crippen LogP contribution in [-0.2, 0) is 4.74 Å². The molecule has 0 spiro atoms. The lowest BCUT2D eigenvalue weighted by molar-refractivity contribution is -0.105. The summed E-state index contributed by atoms with van der Waals surface area (Å²) in [6, 6.07) is 11.8. The van der Waals surface area contributed by atoms with Crippen molar-refractivity contribution in [2.75, 3.05) is 6.61 Å². The largest absolute Gasteiger partial charge is 0.505 e. The number of hydrogen-bond acceptors (Lipinski definition) is 3. The van der Waals surface area contributed by atoms with Gasteiger partial charge in [-0.1, -0.05) is 18.2 Å². The van der Waals surface area contributed by atoms with Crippen molar-refractivity contribution in [1.29, 1.82) is 0 Å². The molecule has 3 nitrogen and oxygen atoms in total. The Morgan fingerprint density at radius 3 is 2.48 bits per heavy atom. The molecule has 0 aromatic heterocycles. The highest BCUT2D eigenvalue weighted by molar-refractivity contribution is 5.65. The zero-order valence-corrected chi connectivity index (χ0v) is 11.6. The second kappa shape index (κ2) is 6.14. The fourth-order valence-corrected chi connectivity index (χ4v) is 2.37. The van der Waals surface area contributed by atoms with Crippen LogP contribution in [0, 0.1) is 5.82 Å². The molecule has 1 fully saturated rings. The van der Waals surface area contributed by atoms with Crippen LogP contribution in [0.15, 0.2) is 42.5 Å². The van der Waals surface area contributed by atoms with E-state index in [-0.39, 0.29) is 12.0 Å². The van der Waals surface area contributed by atoms with E-state index in [9.17, 15) is 9.50 Å². The minimum absolute atomic E-state index is 0.171. The lowest BCUT2D eigenvalue weighted by Gasteiger charge is -2.23. The Kier molecular flexibility index (Phi) is 4.06. The quantitative estimate of drug-likeness (QED) is 0.924. The van der Waals surface area contributed by atoms with E-state index in [1.54, 1.807) is 6.07 Å². The van der Waals surface area contributed by atoms with Crippen molar-refractivity contribution in [2.45, 2.75) is 25.6 Å². The molecule has 0 radical (unpaired) electrons. The van der Waals surface area contributed by atoms with Crippen LogP contribution < -0.4 is 4.74 Å². The van der Waals surface area contributed by atoms with E-state index in [1.165, 1.54) is 12.1 Å². The number of hydrogen-bond donors (Lipinski definition) is 1. The minimum atomic E-state index is -0.622. The van der Waals surface area contributed by atoms with Gasteiger partial charge >= 0.3 is 0 Å². The van der Waals surface area contributed by atoms with E-state index < -0.39 is 5.82 Å². The number of ether oxygens (including phenoxy) is 2. The third-order valence-corrected chi connectivity index (χ3v) is 3.54. The van der Waals surface area contributed by atoms with E-state index in [1.807, 2.05) is 24.3 Å². The predicted molar refractivity (Wildman–Crippen MR) is 77.7 cm³/mol. The Morgan fingerprint density at radius 1 is 1.05 bits per heavy atom. The normalized spacial score (nSPS) is 18.4. The highest BCUT2D eigenvalue weighted by atomic mass is 19.1. The molecule has 1 aliphatic rings. The van der Waals surface area contributed by atoms with Gasteiger partial charge in [-0.25, -0.2) is 4.39 Å². The van der Waals surface area contributed by atoms with E-state index in [2.05, 4.69) is 0 Å². The number of phenolic OH excluding ortho intramolecular Hbond substituents is 1. The number of aromatic hydroxyl groups is 1. The van der Waals surface area contributed by atoms with Gasteiger partial charge in [-0.15, -0.1) is 0 Å². The summed E-state index contributed by atoms with van der Waals surface area (Å²) in [4.78, 5) is 0. The Labute approximate surface area is 122 Å². The summed E-state index contributed by atoms with van der Waals surface area (Å²) >= 11 is 0. The highest BCUT2D eigenvalue weighted by Gasteiger charge is 2.15. The van der Waals surface area contributed by atoms with E-state index in [4.69, 9.17) is 9.47 Å². The molecular formula is C17H17FO3. The summed E-state index contributed by atoms with van der Waals surface area (Å²) in [6.45, 7) is 0.746. The van der Waals surface area contributed by atoms with E-state index in [0.29, 0.717) is 5.56 Å². The average Bonchev–Trinajstić information content (AvgIpc) is 2.52. The predicted octanol–water partition coefficient (Wildman–Crippen LogP) is 4.10. The summed E-state index contributed by atoms with van der Waals surface area (Å²) in [6.07, 6.45) is 2.95. The average molecular weight is 288 g/mol. The maximum Gasteiger partial charge on any atom is 0.199 e. The maximum atomic E-state index is 13.4. The fourth-order valence-electron chi connectivity index (χ4n) is 2.37. The van der Waals surface area contributed by atoms with Crippen LogP contribution in [0.2, 0.25) is 0 Å². The third-order valence-electron chi connectivity index (χ3n) is 3.54. The lowest BCUT2D eigenvalue weighted by atomic mass is 10.1. The monoisotopic (exact) mass is 288 g/mol. The first kappa shape index (κ1) is 13.9. The fraction of sp³-hybridized carbons (Fsp3) is 0.294. The van der Waals surface area contributed by atoms with E-state index >= 15 is 0 Å². The van der Waals surface area contributed by atoms with Crippen molar-refractivity contribution < 1.29 is 19.0 Å². The van der Waals surface area contributed by atoms with Crippen LogP contribution in [0.5, 0.6) is 11.5 Å². The van der Waals surface area contributed by atoms with Crippen LogP contribution in [0.3, 0.4) is 0 Å². The first-order chi connectivity index (χ1) is 10.2. The van der Waals surface area contributed by atoms with Gasteiger partial charge in [-0.3, -0.25) is 0 Å². The molecule has 21 heavy (non-hydrogen) atoms. The third kappa shape index (κ3) is 3.34. The molecule has 3 rings (SSSR count). The van der Waals surface area contributed by atoms with Gasteiger partial charge in [-0.05, 0) is 48.2 Å². The van der Waals surface area contributed by atoms with Gasteiger partial charge in [0.1, 0.15) is 5.75 Å². The molecule has 2 aromatic rings. The van der Waals surface area contributed by atoms with Gasteiger partial charge < -0.3 is 14.6 Å². The van der Waals surface area contributed by atoms with Gasteiger partial charge in [0, 0.05) is 6.42 Å². The van der Waals surface area contributed by atoms with Crippen LogP contribution in [0.4, 0.5) is 4.39 Å². The zero-order chi connectivity index (χ0) is 14.7. The Bertz CT molecular complexity index is 604. The van der Waals surface area contributed by atoms with Crippen LogP contribution in [0.1, 0.15) is 19.3 Å². The zero-order valence-electron chi connectivity index (χ0n) is 11.6. The number of halogens is 1. The molecule has 1 N–H and O–H groups in total. The van der Waals surface area contributed by atoms with Gasteiger partial charge in [0.05, 0.1) is 6.61 Å². The summed E-state index contributed by atoms with van der Waals surface area (Å²) < 4.78 is 24.6. The van der Waals surface area contributed by atoms with Crippen molar-refractivity contribution in [3.05, 3.63) is 48.3 Å². The molecule has 2 aromatic carbocycles. The van der Waals surface area contributed by atoms with E-state index in [0.717, 1.165) is 37.2 Å². The second-order valence-electron chi connectivity index (χ2n) is 5.10. The Morgan fingerprint density at radius 2 is 1.81 bits per heavy atom. The summed E-state index contributed by atoms with van der Waals surface area (Å²) in [5.41, 5.74) is 1.58. The second-order valence-corrected chi connectivity index (χ2v) is 5.10. The van der Waals surface area contributed by atoms with Crippen LogP contribution in [0.25, 0.3) is 11.1 Å². The molecular weight excluding hydrogens is 271 g/mol. The van der Waals surface area contributed by atoms with Crippen molar-refractivity contribution in [3.63, 3.8) is 0 Å². The first-order valence-electron chi connectivity index (χ1n) is 7.09. The highest BCUT2D eigenvalue weighted by Crippen LogP contribution is 2.27. The van der Waals surface area contributed by atoms with Crippen molar-refractivity contribution in [3.8, 4) is 22.6 Å². The molecule has 1 unspecified atom stereocenters. The van der Waals surface area contributed by atoms with Crippen LogP contribution >= 0.6 is 0 Å². The van der Waals surface area contributed by atoms with Crippen LogP contribution in [-0.4, -0.2) is 18.0 Å². The SMILES string of the molecule is Oc1ccc(-c2ccc(OC3CCCCO3)cc2)cc1F. The van der Waals surface area contributed by atoms with Crippen molar-refractivity contribution >= 4 is 0 Å². The number of benzene rings is 2. The van der Waals surface area contributed by atoms with Gasteiger partial charge in [0.25, 0.3) is 0 Å².